The lowest BCUT2D eigenvalue weighted by molar-refractivity contribution is 0.870. The fourth-order valence-corrected chi connectivity index (χ4v) is 2.53. The van der Waals surface area contributed by atoms with Gasteiger partial charge >= 0.3 is 0 Å². The maximum absolute atomic E-state index is 2.34. The lowest BCUT2D eigenvalue weighted by atomic mass is 9.77. The van der Waals surface area contributed by atoms with E-state index in [0.29, 0.717) is 5.92 Å². The highest BCUT2D eigenvalue weighted by atomic mass is 14.1. The van der Waals surface area contributed by atoms with E-state index in [1.807, 2.05) is 0 Å². The number of hydrogen-bond donors (Lipinski definition) is 0. The van der Waals surface area contributed by atoms with Crippen molar-refractivity contribution in [2.75, 3.05) is 0 Å². The van der Waals surface area contributed by atoms with Gasteiger partial charge in [0.1, 0.15) is 23.5 Å². The van der Waals surface area contributed by atoms with Crippen molar-refractivity contribution in [2.24, 2.45) is 0 Å². The maximum Gasteiger partial charge on any atom is 0.140 e. The van der Waals surface area contributed by atoms with Gasteiger partial charge in [0, 0.05) is 0 Å². The molecule has 78 valence electrons. The minimum atomic E-state index is 0.601. The van der Waals surface area contributed by atoms with E-state index >= 15 is 0 Å². The van der Waals surface area contributed by atoms with Crippen LogP contribution in [0, 0.1) is 0 Å². The second-order valence-electron chi connectivity index (χ2n) is 5.17. The van der Waals surface area contributed by atoms with E-state index in [1.165, 1.54) is 32.7 Å². The molecule has 0 aromatic heterocycles. The number of hydrogen-bond acceptors (Lipinski definition) is 0. The maximum atomic E-state index is 2.34. The van der Waals surface area contributed by atoms with Crippen molar-refractivity contribution in [3.63, 3.8) is 0 Å². The van der Waals surface area contributed by atoms with E-state index in [0.717, 1.165) is 0 Å². The molecule has 3 heteroatoms. The summed E-state index contributed by atoms with van der Waals surface area (Å²) in [6.07, 6.45) is 0. The molecule has 0 unspecified atom stereocenters. The molecule has 0 aliphatic rings. The molecular weight excluding hydrogens is 189 g/mol. The summed E-state index contributed by atoms with van der Waals surface area (Å²) in [7, 11) is 6.59. The Hall–Kier alpha value is -1.11. The van der Waals surface area contributed by atoms with Gasteiger partial charge in [0.2, 0.25) is 0 Å². The summed E-state index contributed by atoms with van der Waals surface area (Å²) in [5.41, 5.74) is 5.59. The largest absolute Gasteiger partial charge is 0.140 e. The molecule has 2 aromatic rings. The second-order valence-corrected chi connectivity index (χ2v) is 5.17. The molecule has 0 radical (unpaired) electrons. The van der Waals surface area contributed by atoms with Crippen molar-refractivity contribution in [2.45, 2.75) is 19.8 Å². The minimum Gasteiger partial charge on any atom is -0.0889 e. The third-order valence-corrected chi connectivity index (χ3v) is 3.28. The molecule has 0 aliphatic carbocycles. The molecule has 0 amide bonds. The fourth-order valence-electron chi connectivity index (χ4n) is 2.53. The molecule has 0 nitrogen and oxygen atoms in total. The summed E-state index contributed by atoms with van der Waals surface area (Å²) in [6.45, 7) is 4.51. The third-order valence-electron chi connectivity index (χ3n) is 3.28. The van der Waals surface area contributed by atoms with Crippen LogP contribution in [0.15, 0.2) is 24.3 Å². The van der Waals surface area contributed by atoms with E-state index in [4.69, 9.17) is 0 Å². The summed E-state index contributed by atoms with van der Waals surface area (Å²) in [5.74, 6) is 0.601. The quantitative estimate of drug-likeness (QED) is 0.510. The van der Waals surface area contributed by atoms with Crippen LogP contribution in [0.1, 0.15) is 25.3 Å². The molecule has 2 aromatic carbocycles. The normalized spacial score (nSPS) is 11.2. The van der Waals surface area contributed by atoms with E-state index in [-0.39, 0.29) is 0 Å². The molecule has 0 saturated carbocycles. The Labute approximate surface area is 101 Å². The van der Waals surface area contributed by atoms with Gasteiger partial charge in [-0.2, -0.15) is 0 Å². The van der Waals surface area contributed by atoms with Gasteiger partial charge in [-0.1, -0.05) is 54.5 Å². The molecule has 0 bridgehead atoms. The highest BCUT2D eigenvalue weighted by Gasteiger charge is 2.06. The summed E-state index contributed by atoms with van der Waals surface area (Å²) >= 11 is 0. The lowest BCUT2D eigenvalue weighted by Crippen LogP contribution is -2.21. The van der Waals surface area contributed by atoms with Gasteiger partial charge in [0.05, 0.1) is 0 Å². The molecule has 0 fully saturated rings. The molecule has 0 atom stereocenters. The summed E-state index contributed by atoms with van der Waals surface area (Å²) in [6, 6.07) is 9.23. The standard InChI is InChI=1S/C13H17B3/c1-7(2)8-3-9-4-10(14)6-12(16)13(9)11(15)5-8/h3-7H,14-16H2,1-2H3. The zero-order valence-electron chi connectivity index (χ0n) is 10.9. The number of fused-ring (bicyclic) bond motifs is 1. The van der Waals surface area contributed by atoms with Crippen LogP contribution in [0.4, 0.5) is 0 Å². The molecule has 0 N–H and O–H groups in total. The third kappa shape index (κ3) is 1.91. The monoisotopic (exact) mass is 206 g/mol. The zero-order valence-corrected chi connectivity index (χ0v) is 10.9. The summed E-state index contributed by atoms with van der Waals surface area (Å²) in [4.78, 5) is 0. The first-order valence-corrected chi connectivity index (χ1v) is 6.00. The van der Waals surface area contributed by atoms with Gasteiger partial charge < -0.3 is 0 Å². The van der Waals surface area contributed by atoms with Crippen LogP contribution in [-0.4, -0.2) is 23.5 Å². The van der Waals surface area contributed by atoms with Gasteiger partial charge in [0.15, 0.2) is 0 Å². The van der Waals surface area contributed by atoms with Crippen molar-refractivity contribution in [1.29, 1.82) is 0 Å². The van der Waals surface area contributed by atoms with Gasteiger partial charge in [0.25, 0.3) is 0 Å². The molecule has 0 saturated heterocycles. The second kappa shape index (κ2) is 4.05. The molecular formula is C13H17B3. The first-order valence-electron chi connectivity index (χ1n) is 6.00. The Bertz CT molecular complexity index is 544. The van der Waals surface area contributed by atoms with Gasteiger partial charge in [-0.15, -0.1) is 0 Å². The number of benzene rings is 2. The Morgan fingerprint density at radius 2 is 1.50 bits per heavy atom. The topological polar surface area (TPSA) is 0 Å². The Balaban J connectivity index is 2.81. The Morgan fingerprint density at radius 1 is 0.875 bits per heavy atom. The van der Waals surface area contributed by atoms with Crippen LogP contribution >= 0.6 is 0 Å². The average molecular weight is 206 g/mol. The summed E-state index contributed by atoms with van der Waals surface area (Å²) in [5, 5.41) is 2.82. The van der Waals surface area contributed by atoms with Gasteiger partial charge in [-0.25, -0.2) is 0 Å². The SMILES string of the molecule is Bc1cc(B)c2c(B)cc(C(C)C)cc2c1. The Morgan fingerprint density at radius 3 is 2.12 bits per heavy atom. The van der Waals surface area contributed by atoms with Gasteiger partial charge in [-0.05, 0) is 22.3 Å². The molecule has 0 aliphatic heterocycles. The molecule has 2 rings (SSSR count). The van der Waals surface area contributed by atoms with Crippen LogP contribution in [0.25, 0.3) is 10.8 Å². The predicted octanol–water partition coefficient (Wildman–Crippen LogP) is -1.26. The highest BCUT2D eigenvalue weighted by molar-refractivity contribution is 6.49. The van der Waals surface area contributed by atoms with E-state index in [1.54, 1.807) is 0 Å². The van der Waals surface area contributed by atoms with Crippen LogP contribution in [-0.2, 0) is 0 Å². The van der Waals surface area contributed by atoms with Crippen LogP contribution in [0.5, 0.6) is 0 Å². The lowest BCUT2D eigenvalue weighted by Gasteiger charge is -2.13. The van der Waals surface area contributed by atoms with Gasteiger partial charge in [-0.3, -0.25) is 0 Å². The highest BCUT2D eigenvalue weighted by Crippen LogP contribution is 2.17. The first-order chi connectivity index (χ1) is 7.49. The van der Waals surface area contributed by atoms with E-state index < -0.39 is 0 Å². The zero-order chi connectivity index (χ0) is 11.9. The van der Waals surface area contributed by atoms with E-state index in [9.17, 15) is 0 Å². The summed E-state index contributed by atoms with van der Waals surface area (Å²) < 4.78 is 0. The first kappa shape index (κ1) is 11.4. The molecule has 16 heavy (non-hydrogen) atoms. The Kier molecular flexibility index (Phi) is 2.88. The smallest absolute Gasteiger partial charge is 0.0889 e. The fraction of sp³-hybridized carbons (Fsp3) is 0.231. The molecule has 0 spiro atoms. The van der Waals surface area contributed by atoms with Crippen molar-refractivity contribution in [1.82, 2.24) is 0 Å². The number of rotatable bonds is 1. The predicted molar refractivity (Wildman–Crippen MR) is 82.6 cm³/mol. The van der Waals surface area contributed by atoms with Crippen molar-refractivity contribution in [3.05, 3.63) is 29.8 Å². The van der Waals surface area contributed by atoms with Crippen LogP contribution in [0.3, 0.4) is 0 Å². The minimum absolute atomic E-state index is 0.601. The van der Waals surface area contributed by atoms with Crippen molar-refractivity contribution >= 4 is 50.7 Å². The van der Waals surface area contributed by atoms with Crippen LogP contribution < -0.4 is 16.4 Å². The van der Waals surface area contributed by atoms with Crippen molar-refractivity contribution in [3.8, 4) is 0 Å². The van der Waals surface area contributed by atoms with Crippen LogP contribution in [0.2, 0.25) is 0 Å². The average Bonchev–Trinajstić information content (AvgIpc) is 2.15. The van der Waals surface area contributed by atoms with Crippen molar-refractivity contribution < 1.29 is 0 Å². The van der Waals surface area contributed by atoms with E-state index in [2.05, 4.69) is 61.7 Å². The molecule has 0 heterocycles.